The van der Waals surface area contributed by atoms with Gasteiger partial charge in [0.2, 0.25) is 0 Å². The monoisotopic (exact) mass is 332 g/mol. The number of hydrogen-bond acceptors (Lipinski definition) is 3. The predicted molar refractivity (Wildman–Crippen MR) is 98.4 cm³/mol. The first-order chi connectivity index (χ1) is 12.4. The highest BCUT2D eigenvalue weighted by molar-refractivity contribution is 5.97. The summed E-state index contributed by atoms with van der Waals surface area (Å²) in [5.41, 5.74) is 6.63. The molecular formula is C20H20N4O. The lowest BCUT2D eigenvalue weighted by atomic mass is 9.94. The molecule has 0 spiro atoms. The molecule has 0 atom stereocenters. The Hall–Kier alpha value is -2.79. The first-order valence-electron chi connectivity index (χ1n) is 8.79. The van der Waals surface area contributed by atoms with Crippen LogP contribution < -0.4 is 5.32 Å². The van der Waals surface area contributed by atoms with Crippen LogP contribution in [0.2, 0.25) is 0 Å². The van der Waals surface area contributed by atoms with Crippen LogP contribution in [0.4, 0.5) is 0 Å². The average molecular weight is 332 g/mol. The molecule has 3 aromatic heterocycles. The van der Waals surface area contributed by atoms with Crippen molar-refractivity contribution in [3.8, 4) is 22.5 Å². The second-order valence-electron chi connectivity index (χ2n) is 6.69. The fourth-order valence-corrected chi connectivity index (χ4v) is 3.78. The first-order valence-corrected chi connectivity index (χ1v) is 8.79. The molecule has 126 valence electrons. The average Bonchev–Trinajstić information content (AvgIpc) is 3.41. The molecule has 0 saturated carbocycles. The summed E-state index contributed by atoms with van der Waals surface area (Å²) in [5.74, 6) is 0.577. The number of rotatable bonds is 3. The van der Waals surface area contributed by atoms with Crippen molar-refractivity contribution >= 4 is 10.9 Å². The van der Waals surface area contributed by atoms with Gasteiger partial charge in [-0.25, -0.2) is 0 Å². The molecule has 0 unspecified atom stereocenters. The molecule has 4 aromatic rings. The third-order valence-corrected chi connectivity index (χ3v) is 5.15. The van der Waals surface area contributed by atoms with E-state index in [1.807, 2.05) is 6.07 Å². The Balaban J connectivity index is 1.53. The zero-order valence-electron chi connectivity index (χ0n) is 13.9. The highest BCUT2D eigenvalue weighted by Gasteiger charge is 2.18. The van der Waals surface area contributed by atoms with Gasteiger partial charge in [-0.2, -0.15) is 5.10 Å². The van der Waals surface area contributed by atoms with Crippen molar-refractivity contribution in [3.05, 3.63) is 54.6 Å². The quantitative estimate of drug-likeness (QED) is 0.524. The van der Waals surface area contributed by atoms with Gasteiger partial charge in [0, 0.05) is 28.1 Å². The maximum atomic E-state index is 5.25. The number of H-pyrrole nitrogens is 2. The molecule has 5 rings (SSSR count). The van der Waals surface area contributed by atoms with Crippen molar-refractivity contribution in [3.63, 3.8) is 0 Å². The Morgan fingerprint density at radius 1 is 1.08 bits per heavy atom. The number of fused-ring (bicyclic) bond motifs is 1. The minimum atomic E-state index is 0.577. The SMILES string of the molecule is c1cc(-c2ccoc2)c2cc(-c3cc(C4CCNCC4)[nH]n3)[nH]c2c1. The maximum Gasteiger partial charge on any atom is 0.109 e. The van der Waals surface area contributed by atoms with Crippen LogP contribution in [0, 0.1) is 0 Å². The van der Waals surface area contributed by atoms with Crippen molar-refractivity contribution in [2.45, 2.75) is 18.8 Å². The third kappa shape index (κ3) is 2.57. The van der Waals surface area contributed by atoms with Gasteiger partial charge in [-0.3, -0.25) is 5.10 Å². The van der Waals surface area contributed by atoms with E-state index in [0.29, 0.717) is 5.92 Å². The largest absolute Gasteiger partial charge is 0.472 e. The van der Waals surface area contributed by atoms with E-state index in [9.17, 15) is 0 Å². The number of nitrogens with zero attached hydrogens (tertiary/aromatic N) is 1. The van der Waals surface area contributed by atoms with Gasteiger partial charge in [0.05, 0.1) is 18.2 Å². The Labute approximate surface area is 145 Å². The van der Waals surface area contributed by atoms with E-state index in [1.54, 1.807) is 12.5 Å². The maximum absolute atomic E-state index is 5.25. The molecule has 0 amide bonds. The van der Waals surface area contributed by atoms with Crippen LogP contribution >= 0.6 is 0 Å². The van der Waals surface area contributed by atoms with E-state index >= 15 is 0 Å². The van der Waals surface area contributed by atoms with Crippen molar-refractivity contribution in [2.24, 2.45) is 0 Å². The number of aromatic amines is 2. The summed E-state index contributed by atoms with van der Waals surface area (Å²) in [4.78, 5) is 3.51. The van der Waals surface area contributed by atoms with Crippen LogP contribution in [0.1, 0.15) is 24.5 Å². The molecular weight excluding hydrogens is 312 g/mol. The molecule has 1 aromatic carbocycles. The predicted octanol–water partition coefficient (Wildman–Crippen LogP) is 4.29. The summed E-state index contributed by atoms with van der Waals surface area (Å²) < 4.78 is 5.25. The number of furan rings is 1. The minimum absolute atomic E-state index is 0.577. The number of nitrogens with one attached hydrogen (secondary N) is 3. The third-order valence-electron chi connectivity index (χ3n) is 5.15. The molecule has 1 saturated heterocycles. The zero-order chi connectivity index (χ0) is 16.6. The summed E-state index contributed by atoms with van der Waals surface area (Å²) in [7, 11) is 0. The Morgan fingerprint density at radius 3 is 2.84 bits per heavy atom. The summed E-state index contributed by atoms with van der Waals surface area (Å²) in [5, 5.41) is 12.4. The summed E-state index contributed by atoms with van der Waals surface area (Å²) in [6.07, 6.45) is 5.82. The van der Waals surface area contributed by atoms with Gasteiger partial charge in [-0.05, 0) is 55.8 Å². The molecule has 1 aliphatic rings. The molecule has 1 aliphatic heterocycles. The van der Waals surface area contributed by atoms with Crippen LogP contribution in [-0.4, -0.2) is 28.3 Å². The molecule has 0 aliphatic carbocycles. The Kier molecular flexibility index (Phi) is 3.45. The van der Waals surface area contributed by atoms with Gasteiger partial charge in [-0.15, -0.1) is 0 Å². The molecule has 1 fully saturated rings. The molecule has 0 radical (unpaired) electrons. The van der Waals surface area contributed by atoms with Gasteiger partial charge >= 0.3 is 0 Å². The van der Waals surface area contributed by atoms with Crippen molar-refractivity contribution in [1.29, 1.82) is 0 Å². The fraction of sp³-hybridized carbons (Fsp3) is 0.250. The van der Waals surface area contributed by atoms with E-state index in [1.165, 1.54) is 29.5 Å². The van der Waals surface area contributed by atoms with Crippen LogP contribution in [0.15, 0.2) is 53.3 Å². The highest BCUT2D eigenvalue weighted by atomic mass is 16.3. The lowest BCUT2D eigenvalue weighted by molar-refractivity contribution is 0.453. The van der Waals surface area contributed by atoms with Crippen molar-refractivity contribution in [1.82, 2.24) is 20.5 Å². The van der Waals surface area contributed by atoms with E-state index in [0.717, 1.165) is 35.6 Å². The molecule has 5 nitrogen and oxygen atoms in total. The smallest absolute Gasteiger partial charge is 0.109 e. The second kappa shape index (κ2) is 5.93. The van der Waals surface area contributed by atoms with Crippen molar-refractivity contribution < 1.29 is 4.42 Å². The zero-order valence-corrected chi connectivity index (χ0v) is 13.9. The molecule has 0 bridgehead atoms. The number of aromatic nitrogens is 3. The molecule has 4 heterocycles. The number of piperidine rings is 1. The van der Waals surface area contributed by atoms with E-state index in [4.69, 9.17) is 4.42 Å². The summed E-state index contributed by atoms with van der Waals surface area (Å²) in [6.45, 7) is 2.17. The number of hydrogen-bond donors (Lipinski definition) is 3. The van der Waals surface area contributed by atoms with Crippen LogP contribution in [-0.2, 0) is 0 Å². The van der Waals surface area contributed by atoms with Gasteiger partial charge in [-0.1, -0.05) is 12.1 Å². The molecule has 5 heteroatoms. The van der Waals surface area contributed by atoms with Crippen LogP contribution in [0.3, 0.4) is 0 Å². The standard InChI is InChI=1S/C20H20N4O/c1-2-15(14-6-9-25-12-14)16-10-19(22-17(16)3-1)20-11-18(23-24-20)13-4-7-21-8-5-13/h1-3,6,9-13,21-22H,4-5,7-8H2,(H,23,24). The Bertz CT molecular complexity index is 990. The number of benzene rings is 1. The first kappa shape index (κ1) is 14.5. The minimum Gasteiger partial charge on any atom is -0.472 e. The van der Waals surface area contributed by atoms with Crippen LogP contribution in [0.5, 0.6) is 0 Å². The van der Waals surface area contributed by atoms with E-state index in [-0.39, 0.29) is 0 Å². The fourth-order valence-electron chi connectivity index (χ4n) is 3.78. The lowest BCUT2D eigenvalue weighted by Gasteiger charge is -2.20. The topological polar surface area (TPSA) is 69.6 Å². The normalized spacial score (nSPS) is 15.8. The van der Waals surface area contributed by atoms with Crippen molar-refractivity contribution in [2.75, 3.05) is 13.1 Å². The van der Waals surface area contributed by atoms with Crippen LogP contribution in [0.25, 0.3) is 33.4 Å². The lowest BCUT2D eigenvalue weighted by Crippen LogP contribution is -2.26. The van der Waals surface area contributed by atoms with E-state index < -0.39 is 0 Å². The summed E-state index contributed by atoms with van der Waals surface area (Å²) in [6, 6.07) is 12.7. The van der Waals surface area contributed by atoms with Gasteiger partial charge in [0.15, 0.2) is 0 Å². The summed E-state index contributed by atoms with van der Waals surface area (Å²) >= 11 is 0. The second-order valence-corrected chi connectivity index (χ2v) is 6.69. The Morgan fingerprint density at radius 2 is 2.00 bits per heavy atom. The highest BCUT2D eigenvalue weighted by Crippen LogP contribution is 2.33. The van der Waals surface area contributed by atoms with Gasteiger partial charge < -0.3 is 14.7 Å². The molecule has 3 N–H and O–H groups in total. The van der Waals surface area contributed by atoms with Gasteiger partial charge in [0.1, 0.15) is 5.69 Å². The molecule has 25 heavy (non-hydrogen) atoms. The van der Waals surface area contributed by atoms with Gasteiger partial charge in [0.25, 0.3) is 0 Å². The van der Waals surface area contributed by atoms with E-state index in [2.05, 4.69) is 50.8 Å².